The fraction of sp³-hybridized carbons (Fsp3) is 0.429. The molecule has 0 aliphatic carbocycles. The SMILES string of the molecule is COc1cc2c(cc1OC)C1(CCOCC1)C[NH2+][C@H]2c1cccc([N+](=O)[O-])c1. The fourth-order valence-electron chi connectivity index (χ4n) is 4.57. The Morgan fingerprint density at radius 1 is 1.14 bits per heavy atom. The number of nitro benzene ring substituents is 1. The Kier molecular flexibility index (Phi) is 4.95. The van der Waals surface area contributed by atoms with Crippen molar-refractivity contribution >= 4 is 5.69 Å². The van der Waals surface area contributed by atoms with Crippen LogP contribution in [-0.2, 0) is 10.2 Å². The Balaban J connectivity index is 1.86. The van der Waals surface area contributed by atoms with E-state index in [-0.39, 0.29) is 22.1 Å². The van der Waals surface area contributed by atoms with Crippen LogP contribution < -0.4 is 14.8 Å². The number of methoxy groups -OCH3 is 2. The highest BCUT2D eigenvalue weighted by atomic mass is 16.6. The maximum Gasteiger partial charge on any atom is 0.269 e. The molecular formula is C21H25N2O5+. The van der Waals surface area contributed by atoms with E-state index in [1.54, 1.807) is 26.4 Å². The number of nitro groups is 1. The van der Waals surface area contributed by atoms with Crippen LogP contribution in [0.1, 0.15) is 35.6 Å². The zero-order valence-electron chi connectivity index (χ0n) is 16.1. The summed E-state index contributed by atoms with van der Waals surface area (Å²) in [5.41, 5.74) is 3.42. The Bertz CT molecular complexity index is 892. The Hall–Kier alpha value is -2.64. The van der Waals surface area contributed by atoms with Crippen LogP contribution in [0.2, 0.25) is 0 Å². The van der Waals surface area contributed by atoms with E-state index in [2.05, 4.69) is 11.4 Å². The van der Waals surface area contributed by atoms with Crippen LogP contribution in [0.25, 0.3) is 0 Å². The molecule has 0 bridgehead atoms. The highest BCUT2D eigenvalue weighted by molar-refractivity contribution is 5.54. The van der Waals surface area contributed by atoms with Crippen molar-refractivity contribution in [1.82, 2.24) is 0 Å². The Morgan fingerprint density at radius 2 is 1.86 bits per heavy atom. The number of hydrogen-bond acceptors (Lipinski definition) is 5. The molecule has 1 spiro atoms. The first-order chi connectivity index (χ1) is 13.6. The Morgan fingerprint density at radius 3 is 2.54 bits per heavy atom. The molecule has 0 aromatic heterocycles. The third-order valence-corrected chi connectivity index (χ3v) is 6.10. The summed E-state index contributed by atoms with van der Waals surface area (Å²) in [7, 11) is 3.28. The van der Waals surface area contributed by atoms with Gasteiger partial charge in [-0.05, 0) is 30.5 Å². The van der Waals surface area contributed by atoms with Gasteiger partial charge in [0.1, 0.15) is 6.04 Å². The summed E-state index contributed by atoms with van der Waals surface area (Å²) >= 11 is 0. The number of non-ortho nitro benzene ring substituents is 1. The first-order valence-corrected chi connectivity index (χ1v) is 9.50. The van der Waals surface area contributed by atoms with Crippen molar-refractivity contribution in [2.24, 2.45) is 0 Å². The molecule has 7 heteroatoms. The van der Waals surface area contributed by atoms with Crippen molar-refractivity contribution < 1.29 is 24.5 Å². The second kappa shape index (κ2) is 7.41. The van der Waals surface area contributed by atoms with E-state index in [1.807, 2.05) is 12.1 Å². The van der Waals surface area contributed by atoms with Crippen LogP contribution in [0.5, 0.6) is 11.5 Å². The van der Waals surface area contributed by atoms with Crippen LogP contribution in [-0.4, -0.2) is 38.9 Å². The van der Waals surface area contributed by atoms with E-state index in [4.69, 9.17) is 14.2 Å². The molecule has 7 nitrogen and oxygen atoms in total. The molecule has 4 rings (SSSR count). The van der Waals surface area contributed by atoms with Gasteiger partial charge in [-0.1, -0.05) is 12.1 Å². The van der Waals surface area contributed by atoms with Crippen molar-refractivity contribution in [2.45, 2.75) is 24.3 Å². The summed E-state index contributed by atoms with van der Waals surface area (Å²) < 4.78 is 16.7. The molecule has 0 saturated carbocycles. The van der Waals surface area contributed by atoms with Crippen LogP contribution >= 0.6 is 0 Å². The monoisotopic (exact) mass is 385 g/mol. The highest BCUT2D eigenvalue weighted by Crippen LogP contribution is 2.45. The van der Waals surface area contributed by atoms with Crippen LogP contribution in [0.3, 0.4) is 0 Å². The number of nitrogens with zero attached hydrogens (tertiary/aromatic N) is 1. The maximum absolute atomic E-state index is 11.3. The van der Waals surface area contributed by atoms with Gasteiger partial charge in [-0.25, -0.2) is 0 Å². The molecule has 0 radical (unpaired) electrons. The van der Waals surface area contributed by atoms with E-state index in [0.717, 1.165) is 43.7 Å². The molecule has 0 unspecified atom stereocenters. The van der Waals surface area contributed by atoms with Gasteiger partial charge in [0.2, 0.25) is 0 Å². The molecule has 2 heterocycles. The van der Waals surface area contributed by atoms with Crippen molar-refractivity contribution in [3.05, 3.63) is 63.2 Å². The number of benzene rings is 2. The van der Waals surface area contributed by atoms with E-state index >= 15 is 0 Å². The van der Waals surface area contributed by atoms with Crippen LogP contribution in [0.4, 0.5) is 5.69 Å². The minimum atomic E-state index is -0.345. The number of rotatable bonds is 4. The Labute approximate surface area is 163 Å². The van der Waals surface area contributed by atoms with E-state index in [9.17, 15) is 10.1 Å². The minimum absolute atomic E-state index is 0.0182. The lowest BCUT2D eigenvalue weighted by Gasteiger charge is -2.42. The lowest BCUT2D eigenvalue weighted by atomic mass is 9.68. The lowest BCUT2D eigenvalue weighted by molar-refractivity contribution is -0.699. The van der Waals surface area contributed by atoms with Gasteiger partial charge >= 0.3 is 0 Å². The summed E-state index contributed by atoms with van der Waals surface area (Å²) in [6, 6.07) is 11.0. The van der Waals surface area contributed by atoms with Crippen molar-refractivity contribution in [2.75, 3.05) is 34.0 Å². The number of quaternary nitrogens is 1. The largest absolute Gasteiger partial charge is 0.493 e. The number of nitrogens with two attached hydrogens (primary N) is 1. The second-order valence-corrected chi connectivity index (χ2v) is 7.46. The van der Waals surface area contributed by atoms with Gasteiger partial charge in [0.05, 0.1) is 25.7 Å². The van der Waals surface area contributed by atoms with Crippen LogP contribution in [0, 0.1) is 10.1 Å². The zero-order valence-corrected chi connectivity index (χ0v) is 16.1. The third-order valence-electron chi connectivity index (χ3n) is 6.10. The van der Waals surface area contributed by atoms with Gasteiger partial charge in [-0.15, -0.1) is 0 Å². The molecule has 0 amide bonds. The predicted molar refractivity (Wildman–Crippen MR) is 103 cm³/mol. The average molecular weight is 385 g/mol. The molecule has 148 valence electrons. The quantitative estimate of drug-likeness (QED) is 0.645. The average Bonchev–Trinajstić information content (AvgIpc) is 2.74. The van der Waals surface area contributed by atoms with Crippen molar-refractivity contribution in [1.29, 1.82) is 0 Å². The fourth-order valence-corrected chi connectivity index (χ4v) is 4.57. The van der Waals surface area contributed by atoms with Crippen LogP contribution in [0.15, 0.2) is 36.4 Å². The molecule has 1 fully saturated rings. The zero-order chi connectivity index (χ0) is 19.7. The molecule has 1 saturated heterocycles. The summed E-state index contributed by atoms with van der Waals surface area (Å²) in [4.78, 5) is 10.9. The molecule has 2 aliphatic heterocycles. The standard InChI is InChI=1S/C21H24N2O5/c1-26-18-11-16-17(12-19(18)27-2)21(6-8-28-9-7-21)13-22-20(16)14-4-3-5-15(10-14)23(24)25/h3-5,10-12,20,22H,6-9,13H2,1-2H3/p+1/t20-/m0/s1. The molecule has 2 N–H and O–H groups in total. The first-order valence-electron chi connectivity index (χ1n) is 9.50. The van der Waals surface area contributed by atoms with Gasteiger partial charge in [0.25, 0.3) is 5.69 Å². The van der Waals surface area contributed by atoms with E-state index in [0.29, 0.717) is 11.5 Å². The summed E-state index contributed by atoms with van der Waals surface area (Å²) in [5, 5.41) is 13.5. The molecule has 1 atom stereocenters. The summed E-state index contributed by atoms with van der Waals surface area (Å²) in [6.07, 6.45) is 1.90. The van der Waals surface area contributed by atoms with Gasteiger partial charge in [0.15, 0.2) is 11.5 Å². The molecule has 2 aromatic carbocycles. The molecule has 2 aromatic rings. The smallest absolute Gasteiger partial charge is 0.269 e. The van der Waals surface area contributed by atoms with Gasteiger partial charge in [-0.2, -0.15) is 0 Å². The van der Waals surface area contributed by atoms with Crippen molar-refractivity contribution in [3.63, 3.8) is 0 Å². The first kappa shape index (κ1) is 18.7. The number of hydrogen-bond donors (Lipinski definition) is 1. The van der Waals surface area contributed by atoms with Gasteiger partial charge < -0.3 is 19.5 Å². The second-order valence-electron chi connectivity index (χ2n) is 7.46. The third kappa shape index (κ3) is 3.10. The number of ether oxygens (including phenoxy) is 3. The van der Waals surface area contributed by atoms with Gasteiger partial charge in [0, 0.05) is 41.9 Å². The topological polar surface area (TPSA) is 87.4 Å². The molecule has 2 aliphatic rings. The summed E-state index contributed by atoms with van der Waals surface area (Å²) in [5.74, 6) is 1.39. The normalized spacial score (nSPS) is 20.4. The molecule has 28 heavy (non-hydrogen) atoms. The maximum atomic E-state index is 11.3. The lowest BCUT2D eigenvalue weighted by Crippen LogP contribution is -2.91. The highest BCUT2D eigenvalue weighted by Gasteiger charge is 2.45. The summed E-state index contributed by atoms with van der Waals surface area (Å²) in [6.45, 7) is 2.39. The van der Waals surface area contributed by atoms with Gasteiger partial charge in [-0.3, -0.25) is 10.1 Å². The van der Waals surface area contributed by atoms with E-state index < -0.39 is 0 Å². The minimum Gasteiger partial charge on any atom is -0.493 e. The predicted octanol–water partition coefficient (Wildman–Crippen LogP) is 2.33. The van der Waals surface area contributed by atoms with Crippen molar-refractivity contribution in [3.8, 4) is 11.5 Å². The molecular weight excluding hydrogens is 360 g/mol. The number of fused-ring (bicyclic) bond motifs is 2. The van der Waals surface area contributed by atoms with E-state index in [1.165, 1.54) is 11.6 Å².